The van der Waals surface area contributed by atoms with E-state index in [0.29, 0.717) is 16.2 Å². The maximum absolute atomic E-state index is 11.5. The van der Waals surface area contributed by atoms with Crippen LogP contribution in [0.2, 0.25) is 5.02 Å². The first kappa shape index (κ1) is 14.6. The zero-order chi connectivity index (χ0) is 13.5. The highest BCUT2D eigenvalue weighted by molar-refractivity contribution is 8.13. The standard InChI is InChI=1S/C12H12ClNO3S/c1-17-11(15)9(7-18-12(14)16)6-8-4-2-3-5-10(8)13/h2-6H,7H2,1H3,(H2,14,16)/b9-6+. The highest BCUT2D eigenvalue weighted by Gasteiger charge is 2.12. The van der Waals surface area contributed by atoms with E-state index in [1.165, 1.54) is 7.11 Å². The molecule has 0 heterocycles. The van der Waals surface area contributed by atoms with Crippen LogP contribution in [-0.2, 0) is 9.53 Å². The molecule has 0 radical (unpaired) electrons. The van der Waals surface area contributed by atoms with Crippen LogP contribution in [0.5, 0.6) is 0 Å². The molecule has 6 heteroatoms. The predicted molar refractivity (Wildman–Crippen MR) is 73.5 cm³/mol. The number of ether oxygens (including phenoxy) is 1. The summed E-state index contributed by atoms with van der Waals surface area (Å²) < 4.78 is 4.64. The molecule has 2 N–H and O–H groups in total. The van der Waals surface area contributed by atoms with Crippen LogP contribution in [-0.4, -0.2) is 24.1 Å². The van der Waals surface area contributed by atoms with E-state index in [4.69, 9.17) is 17.3 Å². The Hall–Kier alpha value is -1.46. The topological polar surface area (TPSA) is 69.4 Å². The molecule has 1 aromatic rings. The maximum Gasteiger partial charge on any atom is 0.334 e. The molecule has 1 aromatic carbocycles. The van der Waals surface area contributed by atoms with Gasteiger partial charge in [-0.15, -0.1) is 0 Å². The number of carbonyl (C=O) groups excluding carboxylic acids is 2. The van der Waals surface area contributed by atoms with Gasteiger partial charge >= 0.3 is 5.97 Å². The van der Waals surface area contributed by atoms with Crippen LogP contribution < -0.4 is 5.73 Å². The molecule has 0 unspecified atom stereocenters. The zero-order valence-corrected chi connectivity index (χ0v) is 11.3. The van der Waals surface area contributed by atoms with Crippen molar-refractivity contribution in [3.8, 4) is 0 Å². The molecule has 18 heavy (non-hydrogen) atoms. The molecule has 0 atom stereocenters. The van der Waals surface area contributed by atoms with Gasteiger partial charge in [0.05, 0.1) is 7.11 Å². The van der Waals surface area contributed by atoms with Crippen LogP contribution in [0.3, 0.4) is 0 Å². The molecule has 0 aliphatic rings. The van der Waals surface area contributed by atoms with E-state index in [-0.39, 0.29) is 5.75 Å². The minimum absolute atomic E-state index is 0.146. The molecule has 0 bridgehead atoms. The highest BCUT2D eigenvalue weighted by atomic mass is 35.5. The molecular formula is C12H12ClNO3S. The number of benzene rings is 1. The van der Waals surface area contributed by atoms with Crippen molar-refractivity contribution in [1.82, 2.24) is 0 Å². The maximum atomic E-state index is 11.5. The van der Waals surface area contributed by atoms with Gasteiger partial charge < -0.3 is 10.5 Å². The third-order valence-corrected chi connectivity index (χ3v) is 3.14. The SMILES string of the molecule is COC(=O)/C(=C/c1ccccc1Cl)CSC(N)=O. The van der Waals surface area contributed by atoms with Gasteiger partial charge in [0.15, 0.2) is 0 Å². The van der Waals surface area contributed by atoms with E-state index in [1.807, 2.05) is 0 Å². The Morgan fingerprint density at radius 2 is 2.11 bits per heavy atom. The number of rotatable bonds is 4. The van der Waals surface area contributed by atoms with Crippen molar-refractivity contribution in [2.45, 2.75) is 0 Å². The average Bonchev–Trinajstić information content (AvgIpc) is 2.35. The van der Waals surface area contributed by atoms with Crippen molar-refractivity contribution in [2.75, 3.05) is 12.9 Å². The van der Waals surface area contributed by atoms with Crippen LogP contribution in [0.25, 0.3) is 6.08 Å². The predicted octanol–water partition coefficient (Wildman–Crippen LogP) is 2.71. The minimum Gasteiger partial charge on any atom is -0.466 e. The molecule has 1 rings (SSSR count). The van der Waals surface area contributed by atoms with Gasteiger partial charge in [0.25, 0.3) is 5.24 Å². The van der Waals surface area contributed by atoms with Crippen molar-refractivity contribution in [2.24, 2.45) is 5.73 Å². The fourth-order valence-corrected chi connectivity index (χ4v) is 1.91. The van der Waals surface area contributed by atoms with E-state index >= 15 is 0 Å². The van der Waals surface area contributed by atoms with Crippen molar-refractivity contribution in [3.05, 3.63) is 40.4 Å². The molecule has 0 saturated carbocycles. The lowest BCUT2D eigenvalue weighted by atomic mass is 10.1. The van der Waals surface area contributed by atoms with E-state index in [1.54, 1.807) is 30.3 Å². The monoisotopic (exact) mass is 285 g/mol. The first-order valence-electron chi connectivity index (χ1n) is 5.00. The second-order valence-electron chi connectivity index (χ2n) is 3.29. The summed E-state index contributed by atoms with van der Waals surface area (Å²) >= 11 is 6.82. The Balaban J connectivity index is 2.98. The first-order valence-corrected chi connectivity index (χ1v) is 6.36. The number of nitrogens with two attached hydrogens (primary N) is 1. The zero-order valence-electron chi connectivity index (χ0n) is 9.68. The number of halogens is 1. The smallest absolute Gasteiger partial charge is 0.334 e. The Labute approximate surface area is 114 Å². The summed E-state index contributed by atoms with van der Waals surface area (Å²) in [5.74, 6) is -0.364. The van der Waals surface area contributed by atoms with E-state index in [0.717, 1.165) is 11.8 Å². The molecule has 0 saturated heterocycles. The molecule has 0 aromatic heterocycles. The molecule has 4 nitrogen and oxygen atoms in total. The Bertz CT molecular complexity index is 488. The van der Waals surface area contributed by atoms with E-state index < -0.39 is 11.2 Å². The van der Waals surface area contributed by atoms with Crippen LogP contribution in [0, 0.1) is 0 Å². The molecule has 1 amide bonds. The minimum atomic E-state index is -0.552. The molecule has 0 aliphatic heterocycles. The third kappa shape index (κ3) is 4.43. The normalized spacial score (nSPS) is 11.1. The van der Waals surface area contributed by atoms with Crippen LogP contribution in [0.15, 0.2) is 29.8 Å². The summed E-state index contributed by atoms with van der Waals surface area (Å²) in [5, 5.41) is -0.0352. The fourth-order valence-electron chi connectivity index (χ4n) is 1.22. The van der Waals surface area contributed by atoms with Crippen LogP contribution in [0.1, 0.15) is 5.56 Å². The van der Waals surface area contributed by atoms with Crippen LogP contribution in [0.4, 0.5) is 4.79 Å². The number of primary amides is 1. The van der Waals surface area contributed by atoms with Gasteiger partial charge in [-0.1, -0.05) is 41.6 Å². The van der Waals surface area contributed by atoms with E-state index in [9.17, 15) is 9.59 Å². The number of amides is 1. The number of methoxy groups -OCH3 is 1. The summed E-state index contributed by atoms with van der Waals surface area (Å²) in [6.07, 6.45) is 1.59. The van der Waals surface area contributed by atoms with Crippen LogP contribution >= 0.6 is 23.4 Å². The molecular weight excluding hydrogens is 274 g/mol. The summed E-state index contributed by atoms with van der Waals surface area (Å²) in [7, 11) is 1.28. The molecule has 96 valence electrons. The number of thioether (sulfide) groups is 1. The van der Waals surface area contributed by atoms with Crippen molar-refractivity contribution in [3.63, 3.8) is 0 Å². The van der Waals surface area contributed by atoms with Crippen molar-refractivity contribution < 1.29 is 14.3 Å². The van der Waals surface area contributed by atoms with Crippen molar-refractivity contribution >= 4 is 40.6 Å². The second-order valence-corrected chi connectivity index (χ2v) is 4.68. The summed E-state index contributed by atoms with van der Waals surface area (Å²) in [6.45, 7) is 0. The summed E-state index contributed by atoms with van der Waals surface area (Å²) in [5.41, 5.74) is 6.04. The van der Waals surface area contributed by atoms with Crippen molar-refractivity contribution in [1.29, 1.82) is 0 Å². The van der Waals surface area contributed by atoms with Gasteiger partial charge in [0.1, 0.15) is 0 Å². The third-order valence-electron chi connectivity index (χ3n) is 2.05. The average molecular weight is 286 g/mol. The molecule has 0 spiro atoms. The lowest BCUT2D eigenvalue weighted by molar-refractivity contribution is -0.135. The van der Waals surface area contributed by atoms with Gasteiger partial charge in [-0.3, -0.25) is 4.79 Å². The summed E-state index contributed by atoms with van der Waals surface area (Å²) in [4.78, 5) is 22.3. The van der Waals surface area contributed by atoms with Gasteiger partial charge in [-0.05, 0) is 17.7 Å². The number of carbonyl (C=O) groups is 2. The molecule has 0 aliphatic carbocycles. The number of hydrogen-bond donors (Lipinski definition) is 1. The van der Waals surface area contributed by atoms with Gasteiger partial charge in [0, 0.05) is 16.3 Å². The Kier molecular flexibility index (Phi) is 5.74. The Morgan fingerprint density at radius 1 is 1.44 bits per heavy atom. The molecule has 0 fully saturated rings. The first-order chi connectivity index (χ1) is 8.54. The number of hydrogen-bond acceptors (Lipinski definition) is 4. The second kappa shape index (κ2) is 7.08. The lowest BCUT2D eigenvalue weighted by Gasteiger charge is -2.05. The van der Waals surface area contributed by atoms with E-state index in [2.05, 4.69) is 4.74 Å². The summed E-state index contributed by atoms with van der Waals surface area (Å²) in [6, 6.07) is 7.06. The van der Waals surface area contributed by atoms with Gasteiger partial charge in [-0.25, -0.2) is 4.79 Å². The largest absolute Gasteiger partial charge is 0.466 e. The number of esters is 1. The quantitative estimate of drug-likeness (QED) is 0.682. The fraction of sp³-hybridized carbons (Fsp3) is 0.167. The van der Waals surface area contributed by atoms with Gasteiger partial charge in [0.2, 0.25) is 0 Å². The highest BCUT2D eigenvalue weighted by Crippen LogP contribution is 2.20. The van der Waals surface area contributed by atoms with Gasteiger partial charge in [-0.2, -0.15) is 0 Å². The Morgan fingerprint density at radius 3 is 2.67 bits per heavy atom. The lowest BCUT2D eigenvalue weighted by Crippen LogP contribution is -2.10.